The van der Waals surface area contributed by atoms with E-state index in [0.29, 0.717) is 5.56 Å². The van der Waals surface area contributed by atoms with Gasteiger partial charge in [-0.2, -0.15) is 0 Å². The van der Waals surface area contributed by atoms with Crippen LogP contribution in [0.4, 0.5) is 0 Å². The first-order valence-corrected chi connectivity index (χ1v) is 7.13. The van der Waals surface area contributed by atoms with Gasteiger partial charge in [0, 0.05) is 11.6 Å². The van der Waals surface area contributed by atoms with E-state index in [-0.39, 0.29) is 4.90 Å². The summed E-state index contributed by atoms with van der Waals surface area (Å²) in [6.07, 6.45) is 2.31. The van der Waals surface area contributed by atoms with Gasteiger partial charge in [0.2, 0.25) is 10.0 Å². The Morgan fingerprint density at radius 1 is 1.32 bits per heavy atom. The molecule has 0 bridgehead atoms. The second-order valence-corrected chi connectivity index (χ2v) is 6.78. The Balaban J connectivity index is 3.09. The lowest BCUT2D eigenvalue weighted by Crippen LogP contribution is -2.40. The molecule has 0 aromatic heterocycles. The van der Waals surface area contributed by atoms with Gasteiger partial charge in [0.25, 0.3) is 0 Å². The minimum absolute atomic E-state index is 0.106. The molecule has 0 aliphatic rings. The molecule has 0 heterocycles. The molecule has 0 saturated heterocycles. The summed E-state index contributed by atoms with van der Waals surface area (Å²) in [5.41, 5.74) is -0.0645. The highest BCUT2D eigenvalue weighted by Crippen LogP contribution is 2.15. The molecule has 1 rings (SSSR count). The van der Waals surface area contributed by atoms with Crippen molar-refractivity contribution >= 4 is 22.1 Å². The lowest BCUT2D eigenvalue weighted by molar-refractivity contribution is -0.131. The third kappa shape index (κ3) is 5.23. The second-order valence-electron chi connectivity index (χ2n) is 5.10. The first-order chi connectivity index (χ1) is 8.60. The third-order valence-electron chi connectivity index (χ3n) is 2.03. The van der Waals surface area contributed by atoms with Crippen LogP contribution in [0.15, 0.2) is 35.2 Å². The molecule has 1 aromatic carbocycles. The minimum Gasteiger partial charge on any atom is -0.478 e. The van der Waals surface area contributed by atoms with E-state index in [1.54, 1.807) is 32.9 Å². The number of carbonyl (C=O) groups is 1. The van der Waals surface area contributed by atoms with Crippen molar-refractivity contribution in [2.24, 2.45) is 0 Å². The van der Waals surface area contributed by atoms with Gasteiger partial charge in [-0.25, -0.2) is 17.9 Å². The molecule has 6 heteroatoms. The first kappa shape index (κ1) is 15.4. The topological polar surface area (TPSA) is 83.5 Å². The number of rotatable bonds is 4. The van der Waals surface area contributed by atoms with Crippen LogP contribution in [0.25, 0.3) is 6.08 Å². The Labute approximate surface area is 113 Å². The summed E-state index contributed by atoms with van der Waals surface area (Å²) >= 11 is 0. The number of hydrogen-bond donors (Lipinski definition) is 2. The molecule has 0 spiro atoms. The number of carboxylic acid groups (broad SMARTS) is 1. The van der Waals surface area contributed by atoms with Crippen LogP contribution in [0, 0.1) is 0 Å². The fourth-order valence-corrected chi connectivity index (χ4v) is 2.89. The molecular formula is C13H17NO4S. The number of sulfonamides is 1. The van der Waals surface area contributed by atoms with Crippen LogP contribution >= 0.6 is 0 Å². The van der Waals surface area contributed by atoms with Crippen molar-refractivity contribution in [3.05, 3.63) is 35.9 Å². The zero-order valence-corrected chi connectivity index (χ0v) is 11.9. The summed E-state index contributed by atoms with van der Waals surface area (Å²) in [7, 11) is -3.61. The van der Waals surface area contributed by atoms with Gasteiger partial charge in [-0.1, -0.05) is 12.1 Å². The van der Waals surface area contributed by atoms with Crippen LogP contribution in [0.2, 0.25) is 0 Å². The Morgan fingerprint density at radius 2 is 1.95 bits per heavy atom. The van der Waals surface area contributed by atoms with Gasteiger partial charge in [0.15, 0.2) is 0 Å². The summed E-state index contributed by atoms with van der Waals surface area (Å²) in [6.45, 7) is 5.25. The van der Waals surface area contributed by atoms with Crippen molar-refractivity contribution in [3.63, 3.8) is 0 Å². The molecule has 1 aromatic rings. The number of aliphatic carboxylic acids is 1. The Hall–Kier alpha value is -1.66. The van der Waals surface area contributed by atoms with Crippen LogP contribution in [-0.4, -0.2) is 25.0 Å². The molecule has 0 aliphatic carbocycles. The van der Waals surface area contributed by atoms with Gasteiger partial charge in [-0.3, -0.25) is 0 Å². The van der Waals surface area contributed by atoms with E-state index in [1.807, 2.05) is 0 Å². The van der Waals surface area contributed by atoms with E-state index >= 15 is 0 Å². The Morgan fingerprint density at radius 3 is 2.47 bits per heavy atom. The highest BCUT2D eigenvalue weighted by molar-refractivity contribution is 7.89. The molecule has 2 N–H and O–H groups in total. The van der Waals surface area contributed by atoms with Gasteiger partial charge < -0.3 is 5.11 Å². The number of nitrogens with one attached hydrogen (secondary N) is 1. The fraction of sp³-hybridized carbons (Fsp3) is 0.308. The quantitative estimate of drug-likeness (QED) is 0.826. The zero-order chi connectivity index (χ0) is 14.7. The summed E-state index contributed by atoms with van der Waals surface area (Å²) in [4.78, 5) is 10.5. The number of hydrogen-bond acceptors (Lipinski definition) is 3. The first-order valence-electron chi connectivity index (χ1n) is 5.65. The van der Waals surface area contributed by atoms with Gasteiger partial charge in [0.05, 0.1) is 4.90 Å². The number of benzene rings is 1. The average molecular weight is 283 g/mol. The van der Waals surface area contributed by atoms with Crippen molar-refractivity contribution in [1.82, 2.24) is 4.72 Å². The van der Waals surface area contributed by atoms with Crippen LogP contribution < -0.4 is 4.72 Å². The highest BCUT2D eigenvalue weighted by Gasteiger charge is 2.21. The maximum Gasteiger partial charge on any atom is 0.328 e. The molecule has 19 heavy (non-hydrogen) atoms. The predicted molar refractivity (Wildman–Crippen MR) is 73.2 cm³/mol. The lowest BCUT2D eigenvalue weighted by Gasteiger charge is -2.20. The summed E-state index contributed by atoms with van der Waals surface area (Å²) < 4.78 is 26.7. The molecule has 0 amide bonds. The fourth-order valence-electron chi connectivity index (χ4n) is 1.41. The monoisotopic (exact) mass is 283 g/mol. The van der Waals surface area contributed by atoms with E-state index in [2.05, 4.69) is 4.72 Å². The van der Waals surface area contributed by atoms with Gasteiger partial charge in [-0.05, 0) is 44.5 Å². The van der Waals surface area contributed by atoms with Crippen LogP contribution in [0.5, 0.6) is 0 Å². The summed E-state index contributed by atoms with van der Waals surface area (Å²) in [5.74, 6) is -1.08. The highest BCUT2D eigenvalue weighted by atomic mass is 32.2. The zero-order valence-electron chi connectivity index (χ0n) is 11.0. The second kappa shape index (κ2) is 5.54. The summed E-state index contributed by atoms with van der Waals surface area (Å²) in [5, 5.41) is 8.54. The van der Waals surface area contributed by atoms with E-state index < -0.39 is 21.5 Å². The minimum atomic E-state index is -3.61. The van der Waals surface area contributed by atoms with E-state index in [0.717, 1.165) is 6.08 Å². The molecule has 0 saturated carbocycles. The van der Waals surface area contributed by atoms with Crippen molar-refractivity contribution in [1.29, 1.82) is 0 Å². The van der Waals surface area contributed by atoms with Crippen LogP contribution in [0.3, 0.4) is 0 Å². The average Bonchev–Trinajstić information content (AvgIpc) is 2.23. The van der Waals surface area contributed by atoms with Crippen molar-refractivity contribution in [3.8, 4) is 0 Å². The Bertz CT molecular complexity index is 597. The molecule has 0 atom stereocenters. The summed E-state index contributed by atoms with van der Waals surface area (Å²) in [6, 6.07) is 6.09. The molecule has 0 radical (unpaired) electrons. The van der Waals surface area contributed by atoms with Crippen LogP contribution in [-0.2, 0) is 14.8 Å². The SMILES string of the molecule is CC(C)(C)NS(=O)(=O)c1cccc(/C=C/C(=O)O)c1. The predicted octanol–water partition coefficient (Wildman–Crippen LogP) is 1.86. The van der Waals surface area contributed by atoms with Crippen LogP contribution in [0.1, 0.15) is 26.3 Å². The maximum absolute atomic E-state index is 12.1. The van der Waals surface area contributed by atoms with Gasteiger partial charge in [0.1, 0.15) is 0 Å². The largest absolute Gasteiger partial charge is 0.478 e. The molecular weight excluding hydrogens is 266 g/mol. The Kier molecular flexibility index (Phi) is 4.49. The van der Waals surface area contributed by atoms with Crippen molar-refractivity contribution in [2.75, 3.05) is 0 Å². The molecule has 104 valence electrons. The standard InChI is InChI=1S/C13H17NO4S/c1-13(2,3)14-19(17,18)11-6-4-5-10(9-11)7-8-12(15)16/h4-9,14H,1-3H3,(H,15,16)/b8-7+. The van der Waals surface area contributed by atoms with Gasteiger partial charge in [-0.15, -0.1) is 0 Å². The molecule has 0 unspecified atom stereocenters. The molecule has 0 aliphatic heterocycles. The molecule has 5 nitrogen and oxygen atoms in total. The van der Waals surface area contributed by atoms with Crippen molar-refractivity contribution < 1.29 is 18.3 Å². The van der Waals surface area contributed by atoms with E-state index in [9.17, 15) is 13.2 Å². The van der Waals surface area contributed by atoms with E-state index in [4.69, 9.17) is 5.11 Å². The lowest BCUT2D eigenvalue weighted by atomic mass is 10.1. The number of carboxylic acids is 1. The van der Waals surface area contributed by atoms with Gasteiger partial charge >= 0.3 is 5.97 Å². The maximum atomic E-state index is 12.1. The third-order valence-corrected chi connectivity index (χ3v) is 3.78. The molecule has 0 fully saturated rings. The normalized spacial score (nSPS) is 12.8. The van der Waals surface area contributed by atoms with E-state index in [1.165, 1.54) is 18.2 Å². The van der Waals surface area contributed by atoms with Crippen molar-refractivity contribution in [2.45, 2.75) is 31.2 Å². The smallest absolute Gasteiger partial charge is 0.328 e.